The fourth-order valence-corrected chi connectivity index (χ4v) is 5.00. The molecule has 3 atom stereocenters. The molecule has 1 amide bonds. The van der Waals surface area contributed by atoms with Gasteiger partial charge in [0.15, 0.2) is 0 Å². The predicted octanol–water partition coefficient (Wildman–Crippen LogP) is 3.36. The van der Waals surface area contributed by atoms with Gasteiger partial charge in [-0.2, -0.15) is 0 Å². The molecule has 6 heteroatoms. The highest BCUT2D eigenvalue weighted by molar-refractivity contribution is 7.99. The molecule has 1 unspecified atom stereocenters. The van der Waals surface area contributed by atoms with Crippen LogP contribution in [-0.4, -0.2) is 48.3 Å². The first-order valence-electron chi connectivity index (χ1n) is 9.23. The van der Waals surface area contributed by atoms with Crippen molar-refractivity contribution in [1.29, 1.82) is 0 Å². The van der Waals surface area contributed by atoms with Gasteiger partial charge in [0.2, 0.25) is 5.91 Å². The van der Waals surface area contributed by atoms with Gasteiger partial charge in [-0.1, -0.05) is 42.5 Å². The number of para-hydroxylation sites is 1. The summed E-state index contributed by atoms with van der Waals surface area (Å²) >= 11 is 1.82. The van der Waals surface area contributed by atoms with Crippen molar-refractivity contribution < 1.29 is 4.79 Å². The van der Waals surface area contributed by atoms with Crippen LogP contribution in [0.1, 0.15) is 18.4 Å². The van der Waals surface area contributed by atoms with Gasteiger partial charge < -0.3 is 10.6 Å². The summed E-state index contributed by atoms with van der Waals surface area (Å²) in [4.78, 5) is 18.6. The molecule has 2 aliphatic heterocycles. The van der Waals surface area contributed by atoms with Crippen molar-refractivity contribution in [3.8, 4) is 0 Å². The molecule has 2 aromatic rings. The lowest BCUT2D eigenvalue weighted by Crippen LogP contribution is -2.48. The predicted molar refractivity (Wildman–Crippen MR) is 115 cm³/mol. The van der Waals surface area contributed by atoms with E-state index in [2.05, 4.69) is 41.3 Å². The number of rotatable bonds is 3. The molecule has 4 nitrogen and oxygen atoms in total. The second-order valence-corrected chi connectivity index (χ2v) is 8.25. The zero-order chi connectivity index (χ0) is 18.1. The van der Waals surface area contributed by atoms with Gasteiger partial charge in [0, 0.05) is 42.2 Å². The highest BCUT2D eigenvalue weighted by Crippen LogP contribution is 2.35. The molecule has 0 radical (unpaired) electrons. The average Bonchev–Trinajstić information content (AvgIpc) is 3.08. The molecule has 1 saturated heterocycles. The van der Waals surface area contributed by atoms with Gasteiger partial charge in [0.25, 0.3) is 0 Å². The van der Waals surface area contributed by atoms with Crippen LogP contribution in [0.2, 0.25) is 0 Å². The number of nitrogens with zero attached hydrogens (tertiary/aromatic N) is 2. The van der Waals surface area contributed by atoms with Crippen molar-refractivity contribution in [3.05, 3.63) is 60.2 Å². The second kappa shape index (κ2) is 8.65. The normalized spacial score (nSPS) is 23.4. The number of anilines is 1. The first kappa shape index (κ1) is 20.2. The Kier molecular flexibility index (Phi) is 6.48. The molecule has 0 spiro atoms. The van der Waals surface area contributed by atoms with E-state index in [9.17, 15) is 4.79 Å². The Balaban J connectivity index is 0.00000210. The molecule has 2 heterocycles. The van der Waals surface area contributed by atoms with E-state index in [0.717, 1.165) is 31.1 Å². The molecule has 144 valence electrons. The van der Waals surface area contributed by atoms with E-state index in [1.165, 1.54) is 10.5 Å². The minimum Gasteiger partial charge on any atom is -0.326 e. The highest BCUT2D eigenvalue weighted by atomic mass is 35.5. The van der Waals surface area contributed by atoms with Crippen molar-refractivity contribution in [2.45, 2.75) is 29.8 Å². The Morgan fingerprint density at radius 3 is 2.59 bits per heavy atom. The van der Waals surface area contributed by atoms with E-state index in [1.54, 1.807) is 0 Å². The summed E-state index contributed by atoms with van der Waals surface area (Å²) in [6.07, 6.45) is 0. The number of benzene rings is 2. The average molecular weight is 404 g/mol. The number of thioether (sulfide) groups is 1. The molecular weight excluding hydrogens is 378 g/mol. The Bertz CT molecular complexity index is 788. The van der Waals surface area contributed by atoms with Gasteiger partial charge in [-0.25, -0.2) is 0 Å². The molecule has 0 aromatic heterocycles. The van der Waals surface area contributed by atoms with Crippen LogP contribution in [0.15, 0.2) is 59.5 Å². The number of fused-ring (bicyclic) bond motifs is 1. The Morgan fingerprint density at radius 1 is 1.11 bits per heavy atom. The van der Waals surface area contributed by atoms with E-state index in [1.807, 2.05) is 41.8 Å². The summed E-state index contributed by atoms with van der Waals surface area (Å²) in [7, 11) is 0. The maximum Gasteiger partial charge on any atom is 0.244 e. The fraction of sp³-hybridized carbons (Fsp3) is 0.381. The molecule has 4 rings (SSSR count). The number of likely N-dealkylation sites (tertiary alicyclic amines) is 1. The molecule has 2 aromatic carbocycles. The van der Waals surface area contributed by atoms with Gasteiger partial charge in [-0.05, 0) is 24.6 Å². The number of nitrogens with two attached hydrogens (primary N) is 1. The molecule has 2 N–H and O–H groups in total. The van der Waals surface area contributed by atoms with Crippen LogP contribution in [0.4, 0.5) is 5.69 Å². The topological polar surface area (TPSA) is 49.6 Å². The standard InChI is InChI=1S/C21H25N3OS.ClH/c1-15(21(25)24-11-12-26-20-10-6-5-9-19(20)24)23-13-17(18(22)14-23)16-7-3-2-4-8-16;/h2-10,15,17-18H,11-14,22H2,1H3;1H/t15?,17-,18+;/m0./s1. The van der Waals surface area contributed by atoms with Crippen molar-refractivity contribution in [2.75, 3.05) is 30.3 Å². The third-order valence-corrected chi connectivity index (χ3v) is 6.56. The Hall–Kier alpha value is -1.53. The SMILES string of the molecule is CC(C(=O)N1CCSc2ccccc21)N1C[C@@H](N)[C@H](c2ccccc2)C1.Cl. The number of amides is 1. The first-order valence-corrected chi connectivity index (χ1v) is 10.2. The van der Waals surface area contributed by atoms with Crippen molar-refractivity contribution in [3.63, 3.8) is 0 Å². The quantitative estimate of drug-likeness (QED) is 0.853. The summed E-state index contributed by atoms with van der Waals surface area (Å²) in [6, 6.07) is 18.5. The number of hydrogen-bond acceptors (Lipinski definition) is 4. The van der Waals surface area contributed by atoms with E-state index < -0.39 is 0 Å². The lowest BCUT2D eigenvalue weighted by molar-refractivity contribution is -0.122. The molecule has 27 heavy (non-hydrogen) atoms. The van der Waals surface area contributed by atoms with Crippen molar-refractivity contribution >= 4 is 35.8 Å². The van der Waals surface area contributed by atoms with Crippen LogP contribution >= 0.6 is 24.2 Å². The van der Waals surface area contributed by atoms with Gasteiger partial charge in [-0.15, -0.1) is 24.2 Å². The van der Waals surface area contributed by atoms with Crippen LogP contribution in [0.25, 0.3) is 0 Å². The third kappa shape index (κ3) is 4.02. The van der Waals surface area contributed by atoms with Gasteiger partial charge >= 0.3 is 0 Å². The molecule has 2 aliphatic rings. The highest BCUT2D eigenvalue weighted by Gasteiger charge is 2.37. The maximum absolute atomic E-state index is 13.2. The van der Waals surface area contributed by atoms with E-state index >= 15 is 0 Å². The first-order chi connectivity index (χ1) is 12.6. The van der Waals surface area contributed by atoms with Crippen molar-refractivity contribution in [1.82, 2.24) is 4.90 Å². The molecule has 0 aliphatic carbocycles. The minimum atomic E-state index is -0.161. The number of halogens is 1. The number of carbonyl (C=O) groups is 1. The zero-order valence-corrected chi connectivity index (χ0v) is 17.1. The monoisotopic (exact) mass is 403 g/mol. The summed E-state index contributed by atoms with van der Waals surface area (Å²) in [6.45, 7) is 4.39. The van der Waals surface area contributed by atoms with Gasteiger partial charge in [0.1, 0.15) is 0 Å². The van der Waals surface area contributed by atoms with Gasteiger partial charge in [0.05, 0.1) is 11.7 Å². The zero-order valence-electron chi connectivity index (χ0n) is 15.5. The third-order valence-electron chi connectivity index (χ3n) is 5.52. The Labute approximate surface area is 171 Å². The van der Waals surface area contributed by atoms with Crippen LogP contribution in [0.3, 0.4) is 0 Å². The van der Waals surface area contributed by atoms with E-state index in [4.69, 9.17) is 5.73 Å². The van der Waals surface area contributed by atoms with Crippen LogP contribution < -0.4 is 10.6 Å². The molecular formula is C21H26ClN3OS. The largest absolute Gasteiger partial charge is 0.326 e. The summed E-state index contributed by atoms with van der Waals surface area (Å²) < 4.78 is 0. The van der Waals surface area contributed by atoms with Crippen LogP contribution in [0.5, 0.6) is 0 Å². The number of carbonyl (C=O) groups excluding carboxylic acids is 1. The van der Waals surface area contributed by atoms with Crippen LogP contribution in [0, 0.1) is 0 Å². The fourth-order valence-electron chi connectivity index (χ4n) is 4.01. The smallest absolute Gasteiger partial charge is 0.244 e. The summed E-state index contributed by atoms with van der Waals surface area (Å²) in [5, 5.41) is 0. The van der Waals surface area contributed by atoms with Crippen LogP contribution in [-0.2, 0) is 4.79 Å². The van der Waals surface area contributed by atoms with E-state index in [-0.39, 0.29) is 36.3 Å². The molecule has 0 saturated carbocycles. The second-order valence-electron chi connectivity index (χ2n) is 7.12. The molecule has 1 fully saturated rings. The maximum atomic E-state index is 13.2. The lowest BCUT2D eigenvalue weighted by atomic mass is 9.95. The van der Waals surface area contributed by atoms with Crippen molar-refractivity contribution in [2.24, 2.45) is 5.73 Å². The molecule has 0 bridgehead atoms. The van der Waals surface area contributed by atoms with E-state index in [0.29, 0.717) is 0 Å². The number of hydrogen-bond donors (Lipinski definition) is 1. The van der Waals surface area contributed by atoms with Gasteiger partial charge in [-0.3, -0.25) is 9.69 Å². The summed E-state index contributed by atoms with van der Waals surface area (Å²) in [5.74, 6) is 1.41. The lowest BCUT2D eigenvalue weighted by Gasteiger charge is -2.33. The summed E-state index contributed by atoms with van der Waals surface area (Å²) in [5.41, 5.74) is 8.74. The minimum absolute atomic E-state index is 0. The Morgan fingerprint density at radius 2 is 1.81 bits per heavy atom.